The van der Waals surface area contributed by atoms with Crippen LogP contribution in [-0.2, 0) is 9.59 Å². The number of nitrogens with zero attached hydrogens (tertiary/aromatic N) is 2. The summed E-state index contributed by atoms with van der Waals surface area (Å²) in [6.07, 6.45) is 12.6. The van der Waals surface area contributed by atoms with Crippen LogP contribution < -0.4 is 10.6 Å². The number of likely N-dealkylation sites (tertiary alicyclic amines) is 1. The van der Waals surface area contributed by atoms with Crippen LogP contribution in [0.5, 0.6) is 0 Å². The van der Waals surface area contributed by atoms with E-state index in [1.165, 1.54) is 51.4 Å². The van der Waals surface area contributed by atoms with Gasteiger partial charge < -0.3 is 15.1 Å². The number of aryl methyl sites for hydroxylation is 4. The van der Waals surface area contributed by atoms with Gasteiger partial charge in [0.15, 0.2) is 6.54 Å². The van der Waals surface area contributed by atoms with E-state index in [1.54, 1.807) is 0 Å². The van der Waals surface area contributed by atoms with E-state index in [0.717, 1.165) is 83.7 Å². The minimum absolute atomic E-state index is 0.136. The molecule has 2 amide bonds. The van der Waals surface area contributed by atoms with Gasteiger partial charge in [-0.15, -0.1) is 0 Å². The average Bonchev–Trinajstić information content (AvgIpc) is 2.99. The Hall–Kier alpha value is -2.70. The van der Waals surface area contributed by atoms with Crippen molar-refractivity contribution in [3.63, 3.8) is 0 Å². The maximum atomic E-state index is 13.1. The molecule has 0 radical (unpaired) electrons. The first-order valence-electron chi connectivity index (χ1n) is 17.5. The summed E-state index contributed by atoms with van der Waals surface area (Å²) < 4.78 is 0.876. The Morgan fingerprint density at radius 2 is 1.30 bits per heavy atom. The number of likely N-dealkylation sites (N-methyl/N-ethyl adjacent to an activating group) is 1. The lowest BCUT2D eigenvalue weighted by Gasteiger charge is -2.37. The lowest BCUT2D eigenvalue weighted by atomic mass is 9.98. The molecular weight excluding hydrogens is 544 g/mol. The van der Waals surface area contributed by atoms with Crippen LogP contribution in [0.25, 0.3) is 0 Å². The van der Waals surface area contributed by atoms with Crippen molar-refractivity contribution < 1.29 is 14.1 Å². The van der Waals surface area contributed by atoms with Crippen LogP contribution in [-0.4, -0.2) is 66.5 Å². The molecule has 1 saturated heterocycles. The van der Waals surface area contributed by atoms with Crippen LogP contribution in [0.15, 0.2) is 36.4 Å². The highest BCUT2D eigenvalue weighted by Gasteiger charge is 2.28. The number of unbranched alkanes of at least 4 members (excludes halogenated alkanes) is 5. The number of carbonyl (C=O) groups excluding carboxylic acids is 2. The van der Waals surface area contributed by atoms with Crippen molar-refractivity contribution in [1.29, 1.82) is 0 Å². The van der Waals surface area contributed by atoms with Crippen LogP contribution in [0.2, 0.25) is 0 Å². The van der Waals surface area contributed by atoms with Gasteiger partial charge in [0.1, 0.15) is 0 Å². The first-order chi connectivity index (χ1) is 21.2. The van der Waals surface area contributed by atoms with Crippen molar-refractivity contribution in [1.82, 2.24) is 4.90 Å². The number of amides is 2. The monoisotopic (exact) mass is 605 g/mol. The van der Waals surface area contributed by atoms with Gasteiger partial charge in [0, 0.05) is 23.8 Å². The van der Waals surface area contributed by atoms with Crippen LogP contribution in [0.4, 0.5) is 11.4 Å². The molecule has 244 valence electrons. The summed E-state index contributed by atoms with van der Waals surface area (Å²) in [6.45, 7) is 18.6. The molecule has 1 unspecified atom stereocenters. The third-order valence-electron chi connectivity index (χ3n) is 9.84. The zero-order chi connectivity index (χ0) is 32.0. The van der Waals surface area contributed by atoms with Gasteiger partial charge in [0.05, 0.1) is 19.6 Å². The van der Waals surface area contributed by atoms with Crippen molar-refractivity contribution in [3.05, 3.63) is 58.7 Å². The highest BCUT2D eigenvalue weighted by atomic mass is 16.2. The van der Waals surface area contributed by atoms with E-state index in [-0.39, 0.29) is 11.8 Å². The van der Waals surface area contributed by atoms with Gasteiger partial charge in [0.2, 0.25) is 5.91 Å². The maximum absolute atomic E-state index is 13.1. The fraction of sp³-hybridized carbons (Fsp3) is 0.632. The van der Waals surface area contributed by atoms with E-state index >= 15 is 0 Å². The Labute approximate surface area is 268 Å². The molecule has 1 fully saturated rings. The van der Waals surface area contributed by atoms with Gasteiger partial charge in [-0.3, -0.25) is 14.5 Å². The van der Waals surface area contributed by atoms with Gasteiger partial charge in [-0.05, 0) is 108 Å². The van der Waals surface area contributed by atoms with Gasteiger partial charge in [-0.1, -0.05) is 69.0 Å². The van der Waals surface area contributed by atoms with Crippen LogP contribution in [0.1, 0.15) is 107 Å². The average molecular weight is 606 g/mol. The molecule has 2 aromatic carbocycles. The number of quaternary nitrogens is 1. The number of carbonyl (C=O) groups is 2. The minimum Gasteiger partial charge on any atom is -0.326 e. The predicted octanol–water partition coefficient (Wildman–Crippen LogP) is 8.33. The first-order valence-corrected chi connectivity index (χ1v) is 17.5. The number of para-hydroxylation sites is 2. The number of rotatable bonds is 18. The second-order valence-electron chi connectivity index (χ2n) is 13.4. The van der Waals surface area contributed by atoms with E-state index in [2.05, 4.69) is 81.3 Å². The summed E-state index contributed by atoms with van der Waals surface area (Å²) in [5.74, 6) is 0.281. The van der Waals surface area contributed by atoms with Crippen molar-refractivity contribution >= 4 is 23.2 Å². The van der Waals surface area contributed by atoms with Crippen molar-refractivity contribution in [2.24, 2.45) is 0 Å². The summed E-state index contributed by atoms with van der Waals surface area (Å²) in [6, 6.07) is 12.7. The fourth-order valence-electron chi connectivity index (χ4n) is 7.14. The molecule has 1 aliphatic rings. The molecule has 44 heavy (non-hydrogen) atoms. The topological polar surface area (TPSA) is 61.4 Å². The fourth-order valence-corrected chi connectivity index (χ4v) is 7.14. The summed E-state index contributed by atoms with van der Waals surface area (Å²) >= 11 is 0. The number of hydrogen-bond donors (Lipinski definition) is 2. The predicted molar refractivity (Wildman–Crippen MR) is 186 cm³/mol. The quantitative estimate of drug-likeness (QED) is 0.133. The molecule has 0 bridgehead atoms. The molecule has 1 aliphatic heterocycles. The summed E-state index contributed by atoms with van der Waals surface area (Å²) in [7, 11) is 0. The minimum atomic E-state index is 0.136. The van der Waals surface area contributed by atoms with Crippen LogP contribution in [0.3, 0.4) is 0 Å². The van der Waals surface area contributed by atoms with Crippen molar-refractivity contribution in [2.45, 2.75) is 118 Å². The lowest BCUT2D eigenvalue weighted by molar-refractivity contribution is -0.919. The Morgan fingerprint density at radius 1 is 0.750 bits per heavy atom. The maximum Gasteiger partial charge on any atom is 0.279 e. The number of benzene rings is 2. The number of hydrogen-bond acceptors (Lipinski definition) is 3. The Bertz CT molecular complexity index is 1150. The largest absolute Gasteiger partial charge is 0.326 e. The lowest BCUT2D eigenvalue weighted by Crippen LogP contribution is -2.53. The molecule has 0 aliphatic carbocycles. The smallest absolute Gasteiger partial charge is 0.279 e. The van der Waals surface area contributed by atoms with Crippen molar-refractivity contribution in [2.75, 3.05) is 49.9 Å². The summed E-state index contributed by atoms with van der Waals surface area (Å²) in [5, 5.41) is 6.43. The van der Waals surface area contributed by atoms with E-state index in [4.69, 9.17) is 0 Å². The van der Waals surface area contributed by atoms with Gasteiger partial charge >= 0.3 is 0 Å². The zero-order valence-corrected chi connectivity index (χ0v) is 28.8. The molecule has 6 nitrogen and oxygen atoms in total. The Balaban J connectivity index is 1.36. The first kappa shape index (κ1) is 35.8. The van der Waals surface area contributed by atoms with E-state index in [1.807, 2.05) is 12.1 Å². The van der Waals surface area contributed by atoms with Gasteiger partial charge in [-0.25, -0.2) is 0 Å². The number of nitrogens with one attached hydrogen (secondary N) is 2. The van der Waals surface area contributed by atoms with E-state index < -0.39 is 0 Å². The second-order valence-corrected chi connectivity index (χ2v) is 13.4. The molecular formula is C38H61N4O2+. The zero-order valence-electron chi connectivity index (χ0n) is 28.8. The van der Waals surface area contributed by atoms with E-state index in [0.29, 0.717) is 19.0 Å². The number of piperidine rings is 1. The van der Waals surface area contributed by atoms with E-state index in [9.17, 15) is 9.59 Å². The molecule has 0 spiro atoms. The van der Waals surface area contributed by atoms with Gasteiger partial charge in [0.25, 0.3) is 5.91 Å². The summed E-state index contributed by atoms with van der Waals surface area (Å²) in [4.78, 5) is 28.7. The molecule has 1 heterocycles. The second kappa shape index (κ2) is 18.3. The molecule has 0 saturated carbocycles. The normalized spacial score (nSPS) is 16.8. The standard InChI is InChI=1S/C38H60N4O2/c1-7-26-42(8-2,29-36(44)40-38-32(5)21-18-22-33(38)6)27-16-12-10-9-11-14-24-41-25-15-13-23-34(41)28-35(43)39-37-30(3)19-17-20-31(37)4/h17-22,34H,7-16,23-29H2,1-6H3,(H-,39,40,43,44)/p+1/t34-,42?/m0/s1. The molecule has 2 aromatic rings. The molecule has 2 N–H and O–H groups in total. The molecule has 2 atom stereocenters. The Kier molecular flexibility index (Phi) is 14.9. The van der Waals surface area contributed by atoms with Crippen molar-refractivity contribution in [3.8, 4) is 0 Å². The summed E-state index contributed by atoms with van der Waals surface area (Å²) in [5.41, 5.74) is 6.45. The number of anilines is 2. The third kappa shape index (κ3) is 11.0. The highest BCUT2D eigenvalue weighted by Crippen LogP contribution is 2.24. The van der Waals surface area contributed by atoms with Crippen LogP contribution >= 0.6 is 0 Å². The van der Waals surface area contributed by atoms with Gasteiger partial charge in [-0.2, -0.15) is 0 Å². The van der Waals surface area contributed by atoms with Crippen LogP contribution in [0, 0.1) is 27.7 Å². The Morgan fingerprint density at radius 3 is 1.86 bits per heavy atom. The molecule has 3 rings (SSSR count). The third-order valence-corrected chi connectivity index (χ3v) is 9.84. The highest BCUT2D eigenvalue weighted by molar-refractivity contribution is 5.93. The molecule has 0 aromatic heterocycles. The molecule has 6 heteroatoms. The SMILES string of the molecule is CCC[N+](CC)(CCCCCCCCN1CCCC[C@H]1CC(=O)Nc1c(C)cccc1C)CC(=O)Nc1c(C)cccc1C.